The standard InChI is InChI=1S/C12H18N6O/c1-8(2)19-12-10(13)11(15-7-16-12)14-6-9-4-5-18(3)17-9/h4-5,7-8H,6,13H2,1-3H3,(H,14,15,16). The maximum Gasteiger partial charge on any atom is 0.242 e. The van der Waals surface area contributed by atoms with Gasteiger partial charge in [0.15, 0.2) is 5.82 Å². The molecule has 2 aromatic heterocycles. The van der Waals surface area contributed by atoms with Crippen LogP contribution in [-0.4, -0.2) is 25.9 Å². The molecule has 0 spiro atoms. The number of aromatic nitrogens is 4. The third kappa shape index (κ3) is 3.34. The zero-order valence-corrected chi connectivity index (χ0v) is 11.3. The minimum atomic E-state index is 0.0147. The lowest BCUT2D eigenvalue weighted by Gasteiger charge is -2.13. The van der Waals surface area contributed by atoms with Crippen LogP contribution in [0.4, 0.5) is 11.5 Å². The van der Waals surface area contributed by atoms with Crippen LogP contribution in [0.2, 0.25) is 0 Å². The third-order valence-corrected chi connectivity index (χ3v) is 2.40. The van der Waals surface area contributed by atoms with Crippen molar-refractivity contribution >= 4 is 11.5 Å². The van der Waals surface area contributed by atoms with Crippen molar-refractivity contribution in [2.75, 3.05) is 11.1 Å². The number of hydrogen-bond acceptors (Lipinski definition) is 6. The number of nitrogen functional groups attached to an aromatic ring is 1. The Hall–Kier alpha value is -2.31. The van der Waals surface area contributed by atoms with Crippen LogP contribution < -0.4 is 15.8 Å². The van der Waals surface area contributed by atoms with Gasteiger partial charge in [0.25, 0.3) is 0 Å². The molecular formula is C12H18N6O. The van der Waals surface area contributed by atoms with Crippen molar-refractivity contribution in [3.63, 3.8) is 0 Å². The van der Waals surface area contributed by atoms with E-state index in [-0.39, 0.29) is 6.10 Å². The summed E-state index contributed by atoms with van der Waals surface area (Å²) in [6.45, 7) is 4.38. The predicted octanol–water partition coefficient (Wildman–Crippen LogP) is 1.19. The van der Waals surface area contributed by atoms with Gasteiger partial charge >= 0.3 is 0 Å². The van der Waals surface area contributed by atoms with E-state index in [0.717, 1.165) is 5.69 Å². The van der Waals surface area contributed by atoms with Gasteiger partial charge in [-0.2, -0.15) is 10.1 Å². The van der Waals surface area contributed by atoms with E-state index >= 15 is 0 Å². The van der Waals surface area contributed by atoms with E-state index in [0.29, 0.717) is 23.9 Å². The van der Waals surface area contributed by atoms with Gasteiger partial charge in [0, 0.05) is 13.2 Å². The highest BCUT2D eigenvalue weighted by Crippen LogP contribution is 2.25. The van der Waals surface area contributed by atoms with E-state index < -0.39 is 0 Å². The Labute approximate surface area is 111 Å². The summed E-state index contributed by atoms with van der Waals surface area (Å²) in [4.78, 5) is 8.13. The van der Waals surface area contributed by atoms with Crippen molar-refractivity contribution in [1.82, 2.24) is 19.7 Å². The van der Waals surface area contributed by atoms with Crippen LogP contribution in [0.5, 0.6) is 5.88 Å². The molecule has 0 fully saturated rings. The Bertz CT molecular complexity index is 551. The first-order valence-electron chi connectivity index (χ1n) is 6.05. The molecule has 0 bridgehead atoms. The van der Waals surface area contributed by atoms with Crippen LogP contribution in [0.3, 0.4) is 0 Å². The minimum absolute atomic E-state index is 0.0147. The lowest BCUT2D eigenvalue weighted by Crippen LogP contribution is -2.12. The molecule has 7 heteroatoms. The molecule has 102 valence electrons. The summed E-state index contributed by atoms with van der Waals surface area (Å²) in [6, 6.07) is 1.93. The summed E-state index contributed by atoms with van der Waals surface area (Å²) < 4.78 is 7.25. The quantitative estimate of drug-likeness (QED) is 0.841. The molecule has 3 N–H and O–H groups in total. The second kappa shape index (κ2) is 5.55. The topological polar surface area (TPSA) is 90.9 Å². The number of nitrogens with zero attached hydrogens (tertiary/aromatic N) is 4. The highest BCUT2D eigenvalue weighted by Gasteiger charge is 2.10. The molecule has 0 aliphatic carbocycles. The fourth-order valence-corrected chi connectivity index (χ4v) is 1.57. The van der Waals surface area contributed by atoms with Crippen molar-refractivity contribution in [2.45, 2.75) is 26.5 Å². The monoisotopic (exact) mass is 262 g/mol. The molecule has 0 unspecified atom stereocenters. The van der Waals surface area contributed by atoms with Gasteiger partial charge in [0.2, 0.25) is 5.88 Å². The molecule has 0 atom stereocenters. The lowest BCUT2D eigenvalue weighted by molar-refractivity contribution is 0.234. The van der Waals surface area contributed by atoms with E-state index in [2.05, 4.69) is 20.4 Å². The molecule has 0 amide bonds. The molecular weight excluding hydrogens is 244 g/mol. The number of rotatable bonds is 5. The van der Waals surface area contributed by atoms with Gasteiger partial charge in [-0.3, -0.25) is 4.68 Å². The summed E-state index contributed by atoms with van der Waals surface area (Å²) in [5.74, 6) is 0.949. The first-order chi connectivity index (χ1) is 9.06. The first-order valence-corrected chi connectivity index (χ1v) is 6.05. The zero-order valence-electron chi connectivity index (χ0n) is 11.3. The molecule has 0 saturated heterocycles. The second-order valence-electron chi connectivity index (χ2n) is 4.44. The highest BCUT2D eigenvalue weighted by atomic mass is 16.5. The summed E-state index contributed by atoms with van der Waals surface area (Å²) >= 11 is 0. The molecule has 2 heterocycles. The zero-order chi connectivity index (χ0) is 13.8. The van der Waals surface area contributed by atoms with Crippen molar-refractivity contribution in [1.29, 1.82) is 0 Å². The molecule has 0 aliphatic heterocycles. The fraction of sp³-hybridized carbons (Fsp3) is 0.417. The normalized spacial score (nSPS) is 10.7. The summed E-state index contributed by atoms with van der Waals surface area (Å²) in [6.07, 6.45) is 3.32. The van der Waals surface area contributed by atoms with Crippen molar-refractivity contribution in [2.24, 2.45) is 7.05 Å². The lowest BCUT2D eigenvalue weighted by atomic mass is 10.4. The molecule has 0 aromatic carbocycles. The SMILES string of the molecule is CC(C)Oc1ncnc(NCc2ccn(C)n2)c1N. The third-order valence-electron chi connectivity index (χ3n) is 2.40. The van der Waals surface area contributed by atoms with E-state index in [4.69, 9.17) is 10.5 Å². The molecule has 19 heavy (non-hydrogen) atoms. The van der Waals surface area contributed by atoms with E-state index in [9.17, 15) is 0 Å². The van der Waals surface area contributed by atoms with Crippen molar-refractivity contribution in [3.05, 3.63) is 24.3 Å². The van der Waals surface area contributed by atoms with Crippen LogP contribution in [-0.2, 0) is 13.6 Å². The van der Waals surface area contributed by atoms with Crippen LogP contribution in [0.15, 0.2) is 18.6 Å². The summed E-state index contributed by atoms with van der Waals surface area (Å²) in [5.41, 5.74) is 7.28. The number of anilines is 2. The summed E-state index contributed by atoms with van der Waals surface area (Å²) in [5, 5.41) is 7.39. The number of ether oxygens (including phenoxy) is 1. The Kier molecular flexibility index (Phi) is 3.84. The number of hydrogen-bond donors (Lipinski definition) is 2. The Morgan fingerprint density at radius 2 is 2.21 bits per heavy atom. The molecule has 2 aromatic rings. The number of nitrogens with two attached hydrogens (primary N) is 1. The highest BCUT2D eigenvalue weighted by molar-refractivity contribution is 5.66. The van der Waals surface area contributed by atoms with E-state index in [1.54, 1.807) is 4.68 Å². The molecule has 0 radical (unpaired) electrons. The molecule has 0 saturated carbocycles. The van der Waals surface area contributed by atoms with Gasteiger partial charge in [-0.25, -0.2) is 4.98 Å². The second-order valence-corrected chi connectivity index (χ2v) is 4.44. The predicted molar refractivity (Wildman–Crippen MR) is 72.7 cm³/mol. The number of aryl methyl sites for hydroxylation is 1. The molecule has 0 aliphatic rings. The van der Waals surface area contributed by atoms with E-state index in [1.165, 1.54) is 6.33 Å². The Morgan fingerprint density at radius 1 is 1.42 bits per heavy atom. The van der Waals surface area contributed by atoms with Crippen LogP contribution in [0, 0.1) is 0 Å². The molecule has 2 rings (SSSR count). The van der Waals surface area contributed by atoms with Gasteiger partial charge in [0.05, 0.1) is 18.3 Å². The van der Waals surface area contributed by atoms with Crippen LogP contribution in [0.1, 0.15) is 19.5 Å². The van der Waals surface area contributed by atoms with Crippen molar-refractivity contribution in [3.8, 4) is 5.88 Å². The van der Waals surface area contributed by atoms with Gasteiger partial charge < -0.3 is 15.8 Å². The summed E-state index contributed by atoms with van der Waals surface area (Å²) in [7, 11) is 1.87. The van der Waals surface area contributed by atoms with Gasteiger partial charge in [-0.05, 0) is 19.9 Å². The average Bonchev–Trinajstić information content (AvgIpc) is 2.76. The maximum atomic E-state index is 5.96. The van der Waals surface area contributed by atoms with Gasteiger partial charge in [-0.1, -0.05) is 0 Å². The van der Waals surface area contributed by atoms with Gasteiger partial charge in [-0.15, -0.1) is 0 Å². The maximum absolute atomic E-state index is 5.96. The Morgan fingerprint density at radius 3 is 2.84 bits per heavy atom. The van der Waals surface area contributed by atoms with E-state index in [1.807, 2.05) is 33.2 Å². The smallest absolute Gasteiger partial charge is 0.242 e. The molecule has 7 nitrogen and oxygen atoms in total. The minimum Gasteiger partial charge on any atom is -0.473 e. The fourth-order valence-electron chi connectivity index (χ4n) is 1.57. The van der Waals surface area contributed by atoms with Crippen molar-refractivity contribution < 1.29 is 4.74 Å². The average molecular weight is 262 g/mol. The Balaban J connectivity index is 2.08. The van der Waals surface area contributed by atoms with Crippen LogP contribution >= 0.6 is 0 Å². The van der Waals surface area contributed by atoms with Gasteiger partial charge in [0.1, 0.15) is 12.0 Å². The first kappa shape index (κ1) is 13.1. The van der Waals surface area contributed by atoms with Crippen LogP contribution in [0.25, 0.3) is 0 Å². The largest absolute Gasteiger partial charge is 0.473 e. The number of nitrogens with one attached hydrogen (secondary N) is 1.